The molecule has 0 unspecified atom stereocenters. The number of sulfone groups is 1. The van der Waals surface area contributed by atoms with Gasteiger partial charge in [-0.1, -0.05) is 0 Å². The molecular formula is C13H12BrNO3S. The van der Waals surface area contributed by atoms with Crippen molar-refractivity contribution in [1.82, 2.24) is 4.98 Å². The second-order valence-corrected chi connectivity index (χ2v) is 6.93. The van der Waals surface area contributed by atoms with Gasteiger partial charge in [0.2, 0.25) is 5.88 Å². The molecular weight excluding hydrogens is 330 g/mol. The number of nitrogens with zero attached hydrogens (tertiary/aromatic N) is 1. The predicted octanol–water partition coefficient (Wildman–Crippen LogP) is 3.35. The molecule has 100 valence electrons. The zero-order valence-corrected chi connectivity index (χ0v) is 12.8. The highest BCUT2D eigenvalue weighted by atomic mass is 79.9. The summed E-state index contributed by atoms with van der Waals surface area (Å²) in [6, 6.07) is 9.82. The molecule has 4 nitrogen and oxygen atoms in total. The number of rotatable bonds is 3. The van der Waals surface area contributed by atoms with Crippen molar-refractivity contribution in [3.05, 3.63) is 46.6 Å². The summed E-state index contributed by atoms with van der Waals surface area (Å²) in [5, 5.41) is 0. The second-order valence-electron chi connectivity index (χ2n) is 4.06. The fourth-order valence-electron chi connectivity index (χ4n) is 1.45. The molecule has 2 aromatic rings. The Kier molecular flexibility index (Phi) is 3.91. The van der Waals surface area contributed by atoms with E-state index in [-0.39, 0.29) is 4.90 Å². The molecule has 2 rings (SSSR count). The second kappa shape index (κ2) is 5.30. The van der Waals surface area contributed by atoms with Gasteiger partial charge in [0.15, 0.2) is 9.84 Å². The largest absolute Gasteiger partial charge is 0.439 e. The highest BCUT2D eigenvalue weighted by Crippen LogP contribution is 2.24. The number of benzene rings is 1. The summed E-state index contributed by atoms with van der Waals surface area (Å²) >= 11 is 3.36. The van der Waals surface area contributed by atoms with E-state index in [0.717, 1.165) is 10.2 Å². The average Bonchev–Trinajstić information content (AvgIpc) is 2.33. The van der Waals surface area contributed by atoms with Crippen LogP contribution in [0.5, 0.6) is 11.6 Å². The molecule has 1 aromatic heterocycles. The maximum atomic E-state index is 11.3. The standard InChI is InChI=1S/C13H12BrNO3S/c1-9-12(14)7-8-13(15-9)18-10-3-5-11(6-4-10)19(2,16)17/h3-8H,1-2H3. The topological polar surface area (TPSA) is 56.3 Å². The van der Waals surface area contributed by atoms with E-state index in [0.29, 0.717) is 11.6 Å². The minimum absolute atomic E-state index is 0.264. The van der Waals surface area contributed by atoms with Gasteiger partial charge >= 0.3 is 0 Å². The zero-order valence-electron chi connectivity index (χ0n) is 10.4. The molecule has 0 atom stereocenters. The van der Waals surface area contributed by atoms with Crippen LogP contribution in [0.1, 0.15) is 5.69 Å². The van der Waals surface area contributed by atoms with Crippen molar-refractivity contribution in [2.75, 3.05) is 6.26 Å². The molecule has 0 aliphatic carbocycles. The Balaban J connectivity index is 2.22. The van der Waals surface area contributed by atoms with Crippen molar-refractivity contribution in [1.29, 1.82) is 0 Å². The third-order valence-corrected chi connectivity index (χ3v) is 4.44. The van der Waals surface area contributed by atoms with Gasteiger partial charge in [-0.15, -0.1) is 0 Å². The Morgan fingerprint density at radius 3 is 2.26 bits per heavy atom. The Bertz CT molecular complexity index is 696. The normalized spacial score (nSPS) is 11.3. The molecule has 19 heavy (non-hydrogen) atoms. The van der Waals surface area contributed by atoms with Crippen LogP contribution in [-0.4, -0.2) is 19.7 Å². The van der Waals surface area contributed by atoms with Crippen LogP contribution in [0.2, 0.25) is 0 Å². The van der Waals surface area contributed by atoms with Crippen molar-refractivity contribution >= 4 is 25.8 Å². The number of ether oxygens (including phenoxy) is 1. The third-order valence-electron chi connectivity index (χ3n) is 2.47. The fourth-order valence-corrected chi connectivity index (χ4v) is 2.30. The van der Waals surface area contributed by atoms with Gasteiger partial charge in [-0.2, -0.15) is 0 Å². The first-order valence-electron chi connectivity index (χ1n) is 5.47. The maximum Gasteiger partial charge on any atom is 0.219 e. The van der Waals surface area contributed by atoms with Crippen LogP contribution in [0, 0.1) is 6.92 Å². The smallest absolute Gasteiger partial charge is 0.219 e. The average molecular weight is 342 g/mol. The van der Waals surface area contributed by atoms with E-state index >= 15 is 0 Å². The summed E-state index contributed by atoms with van der Waals surface area (Å²) in [4.78, 5) is 4.52. The van der Waals surface area contributed by atoms with Crippen molar-refractivity contribution in [3.8, 4) is 11.6 Å². The summed E-state index contributed by atoms with van der Waals surface area (Å²) < 4.78 is 29.1. The molecule has 0 N–H and O–H groups in total. The molecule has 0 aliphatic rings. The fraction of sp³-hybridized carbons (Fsp3) is 0.154. The molecule has 0 radical (unpaired) electrons. The number of pyridine rings is 1. The molecule has 1 heterocycles. The van der Waals surface area contributed by atoms with E-state index in [1.54, 1.807) is 18.2 Å². The monoisotopic (exact) mass is 341 g/mol. The first kappa shape index (κ1) is 14.0. The van der Waals surface area contributed by atoms with Crippen LogP contribution in [0.25, 0.3) is 0 Å². The quantitative estimate of drug-likeness (QED) is 0.858. The van der Waals surface area contributed by atoms with Crippen LogP contribution >= 0.6 is 15.9 Å². The van der Waals surface area contributed by atoms with E-state index in [1.165, 1.54) is 18.4 Å². The van der Waals surface area contributed by atoms with Crippen molar-refractivity contribution in [3.63, 3.8) is 0 Å². The lowest BCUT2D eigenvalue weighted by atomic mass is 10.3. The summed E-state index contributed by atoms with van der Waals surface area (Å²) in [6.07, 6.45) is 1.17. The van der Waals surface area contributed by atoms with E-state index < -0.39 is 9.84 Å². The Morgan fingerprint density at radius 2 is 1.74 bits per heavy atom. The lowest BCUT2D eigenvalue weighted by Gasteiger charge is -2.06. The van der Waals surface area contributed by atoms with Crippen LogP contribution in [0.15, 0.2) is 45.8 Å². The van der Waals surface area contributed by atoms with E-state index in [1.807, 2.05) is 13.0 Å². The summed E-state index contributed by atoms with van der Waals surface area (Å²) in [5.74, 6) is 1.01. The Labute approximate surface area is 120 Å². The number of halogens is 1. The van der Waals surface area contributed by atoms with E-state index in [2.05, 4.69) is 20.9 Å². The first-order valence-corrected chi connectivity index (χ1v) is 8.16. The van der Waals surface area contributed by atoms with Gasteiger partial charge in [0.05, 0.1) is 10.6 Å². The van der Waals surface area contributed by atoms with Crippen LogP contribution < -0.4 is 4.74 Å². The minimum atomic E-state index is -3.18. The van der Waals surface area contributed by atoms with Gasteiger partial charge in [-0.25, -0.2) is 13.4 Å². The van der Waals surface area contributed by atoms with Crippen molar-refractivity contribution in [2.45, 2.75) is 11.8 Å². The Hall–Kier alpha value is -1.40. The Morgan fingerprint density at radius 1 is 1.11 bits per heavy atom. The molecule has 6 heteroatoms. The first-order chi connectivity index (χ1) is 8.86. The third kappa shape index (κ3) is 3.54. The SMILES string of the molecule is Cc1nc(Oc2ccc(S(C)(=O)=O)cc2)ccc1Br. The predicted molar refractivity (Wildman–Crippen MR) is 76.3 cm³/mol. The highest BCUT2D eigenvalue weighted by Gasteiger charge is 2.07. The molecule has 0 fully saturated rings. The summed E-state index contributed by atoms with van der Waals surface area (Å²) in [6.45, 7) is 1.86. The summed E-state index contributed by atoms with van der Waals surface area (Å²) in [7, 11) is -3.18. The molecule has 0 bridgehead atoms. The molecule has 0 saturated carbocycles. The van der Waals surface area contributed by atoms with Gasteiger partial charge in [0.1, 0.15) is 5.75 Å². The molecule has 0 spiro atoms. The number of hydrogen-bond donors (Lipinski definition) is 0. The molecule has 1 aromatic carbocycles. The van der Waals surface area contributed by atoms with Gasteiger partial charge in [-0.3, -0.25) is 0 Å². The van der Waals surface area contributed by atoms with Crippen LogP contribution in [-0.2, 0) is 9.84 Å². The lowest BCUT2D eigenvalue weighted by Crippen LogP contribution is -1.96. The number of aromatic nitrogens is 1. The molecule has 0 amide bonds. The van der Waals surface area contributed by atoms with Crippen LogP contribution in [0.4, 0.5) is 0 Å². The van der Waals surface area contributed by atoms with Gasteiger partial charge in [0, 0.05) is 16.8 Å². The molecule has 0 saturated heterocycles. The number of hydrogen-bond acceptors (Lipinski definition) is 4. The minimum Gasteiger partial charge on any atom is -0.439 e. The molecule has 0 aliphatic heterocycles. The van der Waals surface area contributed by atoms with Crippen molar-refractivity contribution < 1.29 is 13.2 Å². The van der Waals surface area contributed by atoms with Crippen LogP contribution in [0.3, 0.4) is 0 Å². The summed E-state index contributed by atoms with van der Waals surface area (Å²) in [5.41, 5.74) is 0.824. The lowest BCUT2D eigenvalue weighted by molar-refractivity contribution is 0.461. The van der Waals surface area contributed by atoms with Gasteiger partial charge in [0.25, 0.3) is 0 Å². The van der Waals surface area contributed by atoms with Gasteiger partial charge in [-0.05, 0) is 53.2 Å². The van der Waals surface area contributed by atoms with Crippen molar-refractivity contribution in [2.24, 2.45) is 0 Å². The number of aryl methyl sites for hydroxylation is 1. The van der Waals surface area contributed by atoms with E-state index in [4.69, 9.17) is 4.74 Å². The maximum absolute atomic E-state index is 11.3. The highest BCUT2D eigenvalue weighted by molar-refractivity contribution is 9.10. The van der Waals surface area contributed by atoms with Gasteiger partial charge < -0.3 is 4.74 Å². The van der Waals surface area contributed by atoms with E-state index in [9.17, 15) is 8.42 Å². The zero-order chi connectivity index (χ0) is 14.0.